The molecule has 0 unspecified atom stereocenters. The maximum absolute atomic E-state index is 13.5. The largest absolute Gasteiger partial charge is 0.366 e. The second-order valence-corrected chi connectivity index (χ2v) is 8.06. The molecule has 3 aliphatic heterocycles. The zero-order valence-corrected chi connectivity index (χ0v) is 16.5. The van der Waals surface area contributed by atoms with Crippen molar-refractivity contribution in [1.29, 1.82) is 0 Å². The number of aryl methyl sites for hydroxylation is 1. The van der Waals surface area contributed by atoms with Crippen LogP contribution in [0.1, 0.15) is 12.1 Å². The van der Waals surface area contributed by atoms with E-state index in [4.69, 9.17) is 4.98 Å². The first kappa shape index (κ1) is 17.4. The van der Waals surface area contributed by atoms with Crippen molar-refractivity contribution in [1.82, 2.24) is 19.8 Å². The van der Waals surface area contributed by atoms with Gasteiger partial charge in [0.15, 0.2) is 5.82 Å². The standard InChI is InChI=1S/C21H26N6O/c1-15-13-16(5-7-22-15)18-3-4-19-20(23-18)27(17-6-8-26(19)14-17)21(28)25-11-9-24(2)10-12-25/h3-5,7,13,17H,6,8-12,14H2,1-2H3/t17-/m0/s1. The summed E-state index contributed by atoms with van der Waals surface area (Å²) in [5.41, 5.74) is 3.97. The van der Waals surface area contributed by atoms with E-state index >= 15 is 0 Å². The molecule has 2 amide bonds. The van der Waals surface area contributed by atoms with Gasteiger partial charge in [0.05, 0.1) is 17.4 Å². The number of hydrogen-bond acceptors (Lipinski definition) is 5. The van der Waals surface area contributed by atoms with Gasteiger partial charge in [0.1, 0.15) is 0 Å². The molecule has 3 aliphatic rings. The van der Waals surface area contributed by atoms with Crippen LogP contribution in [0, 0.1) is 6.92 Å². The van der Waals surface area contributed by atoms with Crippen LogP contribution in [-0.4, -0.2) is 78.2 Å². The van der Waals surface area contributed by atoms with Crippen molar-refractivity contribution >= 4 is 17.5 Å². The van der Waals surface area contributed by atoms with Gasteiger partial charge in [0, 0.05) is 56.7 Å². The molecule has 146 valence electrons. The molecule has 0 saturated carbocycles. The highest BCUT2D eigenvalue weighted by atomic mass is 16.2. The Balaban J connectivity index is 1.53. The van der Waals surface area contributed by atoms with Crippen molar-refractivity contribution in [2.45, 2.75) is 19.4 Å². The van der Waals surface area contributed by atoms with Crippen molar-refractivity contribution in [3.05, 3.63) is 36.2 Å². The lowest BCUT2D eigenvalue weighted by atomic mass is 10.1. The minimum Gasteiger partial charge on any atom is -0.366 e. The predicted molar refractivity (Wildman–Crippen MR) is 110 cm³/mol. The number of carbonyl (C=O) groups excluding carboxylic acids is 1. The number of piperazine rings is 1. The maximum Gasteiger partial charge on any atom is 0.326 e. The first-order valence-electron chi connectivity index (χ1n) is 10.1. The van der Waals surface area contributed by atoms with Crippen LogP contribution in [0.15, 0.2) is 30.5 Å². The van der Waals surface area contributed by atoms with Crippen molar-refractivity contribution in [3.8, 4) is 11.3 Å². The highest BCUT2D eigenvalue weighted by molar-refractivity contribution is 5.97. The van der Waals surface area contributed by atoms with Crippen molar-refractivity contribution < 1.29 is 4.79 Å². The molecule has 0 spiro atoms. The molecule has 0 aromatic carbocycles. The van der Waals surface area contributed by atoms with E-state index in [1.807, 2.05) is 35.1 Å². The number of urea groups is 1. The number of carbonyl (C=O) groups is 1. The third-order valence-electron chi connectivity index (χ3n) is 6.12. The summed E-state index contributed by atoms with van der Waals surface area (Å²) in [5.74, 6) is 0.810. The molecule has 0 radical (unpaired) electrons. The van der Waals surface area contributed by atoms with E-state index in [2.05, 4.69) is 34.0 Å². The summed E-state index contributed by atoms with van der Waals surface area (Å²) in [6, 6.07) is 8.52. The summed E-state index contributed by atoms with van der Waals surface area (Å²) in [6.07, 6.45) is 2.81. The highest BCUT2D eigenvalue weighted by Gasteiger charge is 2.42. The third kappa shape index (κ3) is 2.90. The van der Waals surface area contributed by atoms with Gasteiger partial charge in [-0.1, -0.05) is 0 Å². The van der Waals surface area contributed by atoms with Gasteiger partial charge in [-0.15, -0.1) is 0 Å². The van der Waals surface area contributed by atoms with Crippen molar-refractivity contribution in [3.63, 3.8) is 0 Å². The molecule has 2 bridgehead atoms. The second kappa shape index (κ2) is 6.74. The van der Waals surface area contributed by atoms with Crippen LogP contribution in [0.5, 0.6) is 0 Å². The van der Waals surface area contributed by atoms with Gasteiger partial charge in [-0.25, -0.2) is 9.78 Å². The Hall–Kier alpha value is -2.67. The van der Waals surface area contributed by atoms with E-state index < -0.39 is 0 Å². The number of hydrogen-bond donors (Lipinski definition) is 0. The van der Waals surface area contributed by atoms with E-state index in [-0.39, 0.29) is 12.1 Å². The number of aromatic nitrogens is 2. The molecule has 7 nitrogen and oxygen atoms in total. The minimum absolute atomic E-state index is 0.108. The number of anilines is 2. The van der Waals surface area contributed by atoms with Crippen LogP contribution in [-0.2, 0) is 0 Å². The average Bonchev–Trinajstić information content (AvgIpc) is 3.12. The van der Waals surface area contributed by atoms with Crippen LogP contribution in [0.25, 0.3) is 11.3 Å². The van der Waals surface area contributed by atoms with E-state index in [0.29, 0.717) is 0 Å². The fourth-order valence-corrected chi connectivity index (χ4v) is 4.47. The van der Waals surface area contributed by atoms with Crippen molar-refractivity contribution in [2.75, 3.05) is 56.1 Å². The lowest BCUT2D eigenvalue weighted by Gasteiger charge is -2.41. The fraction of sp³-hybridized carbons (Fsp3) is 0.476. The summed E-state index contributed by atoms with van der Waals surface area (Å²) >= 11 is 0. The first-order valence-corrected chi connectivity index (χ1v) is 10.1. The Morgan fingerprint density at radius 2 is 1.93 bits per heavy atom. The quantitative estimate of drug-likeness (QED) is 0.762. The Labute approximate surface area is 165 Å². The molecular formula is C21H26N6O. The topological polar surface area (TPSA) is 55.8 Å². The highest BCUT2D eigenvalue weighted by Crippen LogP contribution is 2.40. The van der Waals surface area contributed by atoms with Crippen molar-refractivity contribution in [2.24, 2.45) is 0 Å². The molecule has 0 aliphatic carbocycles. The third-order valence-corrected chi connectivity index (χ3v) is 6.12. The predicted octanol–water partition coefficient (Wildman–Crippen LogP) is 2.22. The Bertz CT molecular complexity index is 908. The molecule has 2 fully saturated rings. The molecule has 2 aromatic heterocycles. The summed E-state index contributed by atoms with van der Waals surface area (Å²) in [5, 5.41) is 0. The molecule has 1 atom stereocenters. The molecule has 2 saturated heterocycles. The SMILES string of the molecule is Cc1cc(-c2ccc3c(n2)N(C(=O)N2CCN(C)CC2)[C@H]2CCN3C2)ccn1. The van der Waals surface area contributed by atoms with Crippen LogP contribution in [0.4, 0.5) is 16.3 Å². The summed E-state index contributed by atoms with van der Waals surface area (Å²) in [4.78, 5) is 31.3. The number of likely N-dealkylation sites (N-methyl/N-ethyl adjacent to an activating group) is 1. The molecule has 5 heterocycles. The number of fused-ring (bicyclic) bond motifs is 4. The fourth-order valence-electron chi connectivity index (χ4n) is 4.47. The zero-order chi connectivity index (χ0) is 19.3. The van der Waals surface area contributed by atoms with Gasteiger partial charge in [-0.2, -0.15) is 0 Å². The number of pyridine rings is 2. The van der Waals surface area contributed by atoms with Gasteiger partial charge < -0.3 is 14.7 Å². The van der Waals surface area contributed by atoms with Gasteiger partial charge in [-0.05, 0) is 44.7 Å². The first-order chi connectivity index (χ1) is 13.6. The Morgan fingerprint density at radius 1 is 1.11 bits per heavy atom. The molecule has 28 heavy (non-hydrogen) atoms. The van der Waals surface area contributed by atoms with E-state index in [0.717, 1.165) is 74.1 Å². The van der Waals surface area contributed by atoms with Crippen LogP contribution in [0.2, 0.25) is 0 Å². The smallest absolute Gasteiger partial charge is 0.326 e. The van der Waals surface area contributed by atoms with E-state index in [1.165, 1.54) is 0 Å². The lowest BCUT2D eigenvalue weighted by molar-refractivity contribution is 0.157. The van der Waals surface area contributed by atoms with Crippen LogP contribution >= 0.6 is 0 Å². The average molecular weight is 378 g/mol. The lowest BCUT2D eigenvalue weighted by Crippen LogP contribution is -2.56. The maximum atomic E-state index is 13.5. The summed E-state index contributed by atoms with van der Waals surface area (Å²) in [7, 11) is 2.11. The normalized spacial score (nSPS) is 21.8. The van der Waals surface area contributed by atoms with E-state index in [1.54, 1.807) is 0 Å². The van der Waals surface area contributed by atoms with E-state index in [9.17, 15) is 4.79 Å². The molecule has 5 rings (SSSR count). The minimum atomic E-state index is 0.108. The molecule has 2 aromatic rings. The summed E-state index contributed by atoms with van der Waals surface area (Å²) in [6.45, 7) is 7.28. The van der Waals surface area contributed by atoms with Gasteiger partial charge in [0.2, 0.25) is 0 Å². The summed E-state index contributed by atoms with van der Waals surface area (Å²) < 4.78 is 0. The number of rotatable bonds is 1. The zero-order valence-electron chi connectivity index (χ0n) is 16.5. The number of nitrogens with zero attached hydrogens (tertiary/aromatic N) is 6. The van der Waals surface area contributed by atoms with Gasteiger partial charge in [-0.3, -0.25) is 9.88 Å². The molecule has 7 heteroatoms. The van der Waals surface area contributed by atoms with Crippen LogP contribution < -0.4 is 9.80 Å². The van der Waals surface area contributed by atoms with Gasteiger partial charge >= 0.3 is 6.03 Å². The Morgan fingerprint density at radius 3 is 2.71 bits per heavy atom. The molecule has 0 N–H and O–H groups in total. The second-order valence-electron chi connectivity index (χ2n) is 8.06. The Kier molecular flexibility index (Phi) is 4.19. The van der Waals surface area contributed by atoms with Gasteiger partial charge in [0.25, 0.3) is 0 Å². The monoisotopic (exact) mass is 378 g/mol. The van der Waals surface area contributed by atoms with Crippen LogP contribution in [0.3, 0.4) is 0 Å². The molecular weight excluding hydrogens is 352 g/mol. The number of amides is 2.